The molecule has 0 heterocycles. The number of hydrogen-bond donors (Lipinski definition) is 1. The van der Waals surface area contributed by atoms with Crippen LogP contribution >= 0.6 is 12.4 Å². The minimum atomic E-state index is -0.426. The fourth-order valence-corrected chi connectivity index (χ4v) is 2.11. The lowest BCUT2D eigenvalue weighted by Gasteiger charge is -2.29. The highest BCUT2D eigenvalue weighted by Crippen LogP contribution is 2.16. The molecule has 0 aliphatic rings. The van der Waals surface area contributed by atoms with Gasteiger partial charge in [0.15, 0.2) is 0 Å². The molecule has 0 radical (unpaired) electrons. The molecule has 0 bridgehead atoms. The largest absolute Gasteiger partial charge is 0.336 e. The Morgan fingerprint density at radius 1 is 1.27 bits per heavy atom. The van der Waals surface area contributed by atoms with Crippen LogP contribution in [0.15, 0.2) is 24.3 Å². The monoisotopic (exact) mass is 329 g/mol. The van der Waals surface area contributed by atoms with E-state index in [2.05, 4.69) is 5.32 Å². The van der Waals surface area contributed by atoms with E-state index < -0.39 is 4.92 Å². The van der Waals surface area contributed by atoms with Crippen LogP contribution in [0.2, 0.25) is 0 Å². The number of halogens is 1. The van der Waals surface area contributed by atoms with Crippen LogP contribution in [0.4, 0.5) is 5.69 Å². The predicted molar refractivity (Wildman–Crippen MR) is 89.1 cm³/mol. The second kappa shape index (κ2) is 9.38. The van der Waals surface area contributed by atoms with Crippen LogP contribution in [0.25, 0.3) is 0 Å². The van der Waals surface area contributed by atoms with Crippen LogP contribution in [0, 0.1) is 16.0 Å². The first-order valence-corrected chi connectivity index (χ1v) is 7.05. The fraction of sp³-hybridized carbons (Fsp3) is 0.533. The zero-order chi connectivity index (χ0) is 16.0. The predicted octanol–water partition coefficient (Wildman–Crippen LogP) is 2.61. The molecule has 7 heteroatoms. The SMILES string of the molecule is CNCC(C)C(=O)N(Cc1ccc([N+](=O)[O-])cc1)C(C)C.Cl. The van der Waals surface area contributed by atoms with E-state index in [1.165, 1.54) is 12.1 Å². The Kier molecular flexibility index (Phi) is 8.67. The lowest BCUT2D eigenvalue weighted by atomic mass is 10.1. The second-order valence-electron chi connectivity index (χ2n) is 5.44. The number of hydrogen-bond acceptors (Lipinski definition) is 4. The molecule has 0 saturated carbocycles. The maximum Gasteiger partial charge on any atom is 0.269 e. The van der Waals surface area contributed by atoms with Crippen LogP contribution in [-0.4, -0.2) is 35.4 Å². The van der Waals surface area contributed by atoms with Gasteiger partial charge in [-0.05, 0) is 26.5 Å². The Hall–Kier alpha value is -1.66. The van der Waals surface area contributed by atoms with E-state index in [0.717, 1.165) is 5.56 Å². The van der Waals surface area contributed by atoms with Gasteiger partial charge in [-0.15, -0.1) is 12.4 Å². The van der Waals surface area contributed by atoms with E-state index in [0.29, 0.717) is 13.1 Å². The standard InChI is InChI=1S/C15H23N3O3.ClH/c1-11(2)17(15(19)12(3)9-16-4)10-13-5-7-14(8-6-13)18(20)21;/h5-8,11-12,16H,9-10H2,1-4H3;1H. The number of carbonyl (C=O) groups excluding carboxylic acids is 1. The minimum Gasteiger partial charge on any atom is -0.336 e. The summed E-state index contributed by atoms with van der Waals surface area (Å²) in [6.07, 6.45) is 0. The molecule has 0 aromatic heterocycles. The molecule has 1 N–H and O–H groups in total. The number of carbonyl (C=O) groups is 1. The average molecular weight is 330 g/mol. The Balaban J connectivity index is 0.00000441. The molecule has 0 saturated heterocycles. The van der Waals surface area contributed by atoms with Crippen molar-refractivity contribution in [2.24, 2.45) is 5.92 Å². The molecule has 1 aromatic carbocycles. The Morgan fingerprint density at radius 3 is 2.23 bits per heavy atom. The maximum atomic E-state index is 12.4. The van der Waals surface area contributed by atoms with Crippen LogP contribution in [0.1, 0.15) is 26.3 Å². The number of nitro benzene ring substituents is 1. The highest BCUT2D eigenvalue weighted by atomic mass is 35.5. The highest BCUT2D eigenvalue weighted by molar-refractivity contribution is 5.85. The van der Waals surface area contributed by atoms with Gasteiger partial charge in [-0.1, -0.05) is 19.1 Å². The number of amides is 1. The zero-order valence-electron chi connectivity index (χ0n) is 13.4. The Labute approximate surface area is 137 Å². The Bertz CT molecular complexity index is 491. The summed E-state index contributed by atoms with van der Waals surface area (Å²) in [5.74, 6) is -0.0202. The maximum absolute atomic E-state index is 12.4. The van der Waals surface area contributed by atoms with Crippen molar-refractivity contribution >= 4 is 24.0 Å². The van der Waals surface area contributed by atoms with Crippen LogP contribution in [0.5, 0.6) is 0 Å². The van der Waals surface area contributed by atoms with E-state index in [1.807, 2.05) is 27.8 Å². The van der Waals surface area contributed by atoms with Crippen LogP contribution in [0.3, 0.4) is 0 Å². The van der Waals surface area contributed by atoms with Gasteiger partial charge in [0.25, 0.3) is 5.69 Å². The molecule has 6 nitrogen and oxygen atoms in total. The lowest BCUT2D eigenvalue weighted by Crippen LogP contribution is -2.42. The lowest BCUT2D eigenvalue weighted by molar-refractivity contribution is -0.384. The van der Waals surface area contributed by atoms with Crippen molar-refractivity contribution in [2.45, 2.75) is 33.4 Å². The summed E-state index contributed by atoms with van der Waals surface area (Å²) in [7, 11) is 1.82. The van der Waals surface area contributed by atoms with Gasteiger partial charge in [0.05, 0.1) is 4.92 Å². The first kappa shape index (κ1) is 20.3. The van der Waals surface area contributed by atoms with Crippen molar-refractivity contribution in [3.63, 3.8) is 0 Å². The molecule has 1 rings (SSSR count). The number of non-ortho nitro benzene ring substituents is 1. The molecule has 124 valence electrons. The average Bonchev–Trinajstić information content (AvgIpc) is 2.44. The van der Waals surface area contributed by atoms with Crippen molar-refractivity contribution in [3.05, 3.63) is 39.9 Å². The smallest absolute Gasteiger partial charge is 0.269 e. The molecule has 1 aromatic rings. The molecule has 0 aliphatic heterocycles. The molecular weight excluding hydrogens is 306 g/mol. The fourth-order valence-electron chi connectivity index (χ4n) is 2.11. The summed E-state index contributed by atoms with van der Waals surface area (Å²) in [6.45, 7) is 6.92. The number of nitrogens with one attached hydrogen (secondary N) is 1. The van der Waals surface area contributed by atoms with Crippen molar-refractivity contribution in [1.82, 2.24) is 10.2 Å². The van der Waals surface area contributed by atoms with Gasteiger partial charge in [-0.3, -0.25) is 14.9 Å². The molecule has 0 fully saturated rings. The molecular formula is C15H24ClN3O3. The number of nitrogens with zero attached hydrogens (tertiary/aromatic N) is 2. The van der Waals surface area contributed by atoms with Crippen molar-refractivity contribution in [3.8, 4) is 0 Å². The van der Waals surface area contributed by atoms with E-state index in [9.17, 15) is 14.9 Å². The van der Waals surface area contributed by atoms with Gasteiger partial charge in [0.2, 0.25) is 5.91 Å². The van der Waals surface area contributed by atoms with Gasteiger partial charge < -0.3 is 10.2 Å². The van der Waals surface area contributed by atoms with Crippen molar-refractivity contribution in [1.29, 1.82) is 0 Å². The second-order valence-corrected chi connectivity index (χ2v) is 5.44. The third kappa shape index (κ3) is 5.61. The topological polar surface area (TPSA) is 75.5 Å². The first-order chi connectivity index (χ1) is 9.86. The van der Waals surface area contributed by atoms with Gasteiger partial charge in [0, 0.05) is 37.2 Å². The van der Waals surface area contributed by atoms with E-state index in [-0.39, 0.29) is 36.0 Å². The molecule has 22 heavy (non-hydrogen) atoms. The van der Waals surface area contributed by atoms with E-state index in [1.54, 1.807) is 17.0 Å². The summed E-state index contributed by atoms with van der Waals surface area (Å²) >= 11 is 0. The Morgan fingerprint density at radius 2 is 1.82 bits per heavy atom. The summed E-state index contributed by atoms with van der Waals surface area (Å²) in [4.78, 5) is 24.4. The third-order valence-corrected chi connectivity index (χ3v) is 3.34. The summed E-state index contributed by atoms with van der Waals surface area (Å²) in [5.41, 5.74) is 0.948. The van der Waals surface area contributed by atoms with E-state index in [4.69, 9.17) is 0 Å². The number of nitro groups is 1. The number of benzene rings is 1. The van der Waals surface area contributed by atoms with Crippen LogP contribution in [-0.2, 0) is 11.3 Å². The molecule has 0 aliphatic carbocycles. The quantitative estimate of drug-likeness (QED) is 0.616. The van der Waals surface area contributed by atoms with Gasteiger partial charge in [-0.25, -0.2) is 0 Å². The van der Waals surface area contributed by atoms with Gasteiger partial charge in [-0.2, -0.15) is 0 Å². The van der Waals surface area contributed by atoms with Crippen molar-refractivity contribution in [2.75, 3.05) is 13.6 Å². The van der Waals surface area contributed by atoms with Gasteiger partial charge in [0.1, 0.15) is 0 Å². The zero-order valence-corrected chi connectivity index (χ0v) is 14.2. The molecule has 0 spiro atoms. The third-order valence-electron chi connectivity index (χ3n) is 3.34. The first-order valence-electron chi connectivity index (χ1n) is 7.05. The molecule has 1 amide bonds. The van der Waals surface area contributed by atoms with Crippen LogP contribution < -0.4 is 5.32 Å². The van der Waals surface area contributed by atoms with Crippen molar-refractivity contribution < 1.29 is 9.72 Å². The summed E-state index contributed by atoms with van der Waals surface area (Å²) in [6, 6.07) is 6.41. The molecule has 1 unspecified atom stereocenters. The minimum absolute atomic E-state index is 0. The normalized spacial score (nSPS) is 11.7. The van der Waals surface area contributed by atoms with E-state index >= 15 is 0 Å². The summed E-state index contributed by atoms with van der Waals surface area (Å²) < 4.78 is 0. The summed E-state index contributed by atoms with van der Waals surface area (Å²) in [5, 5.41) is 13.6. The highest BCUT2D eigenvalue weighted by Gasteiger charge is 2.22. The van der Waals surface area contributed by atoms with Gasteiger partial charge >= 0.3 is 0 Å². The number of rotatable bonds is 7. The molecule has 1 atom stereocenters.